The molecule has 0 spiro atoms. The predicted molar refractivity (Wildman–Crippen MR) is 58.3 cm³/mol. The first-order chi connectivity index (χ1) is 7.54. The molecule has 3 N–H and O–H groups in total. The average Bonchev–Trinajstić information content (AvgIpc) is 2.27. The van der Waals surface area contributed by atoms with Crippen LogP contribution >= 0.6 is 11.8 Å². The normalized spacial score (nSPS) is 9.81. The van der Waals surface area contributed by atoms with E-state index in [9.17, 15) is 9.59 Å². The third kappa shape index (κ3) is 3.13. The van der Waals surface area contributed by atoms with Crippen LogP contribution in [-0.4, -0.2) is 34.9 Å². The molecule has 7 heteroatoms. The standard InChI is InChI=1S/C9H10N2O4S/c1-15-7(12)4-16-8-5(10)2-3-6(11-8)9(13)14/h2-3H,4,10H2,1H3,(H,13,14). The van der Waals surface area contributed by atoms with Crippen molar-refractivity contribution in [1.29, 1.82) is 0 Å². The molecule has 86 valence electrons. The number of ether oxygens (including phenoxy) is 1. The molecule has 1 aromatic heterocycles. The fourth-order valence-electron chi connectivity index (χ4n) is 0.872. The van der Waals surface area contributed by atoms with Crippen LogP contribution in [0.25, 0.3) is 0 Å². The fraction of sp³-hybridized carbons (Fsp3) is 0.222. The number of hydrogen-bond acceptors (Lipinski definition) is 6. The predicted octanol–water partition coefficient (Wildman–Crippen LogP) is 0.627. The lowest BCUT2D eigenvalue weighted by molar-refractivity contribution is -0.137. The van der Waals surface area contributed by atoms with Crippen molar-refractivity contribution in [1.82, 2.24) is 4.98 Å². The highest BCUT2D eigenvalue weighted by atomic mass is 32.2. The molecular formula is C9H10N2O4S. The molecule has 0 fully saturated rings. The Balaban J connectivity index is 2.82. The van der Waals surface area contributed by atoms with Gasteiger partial charge in [-0.25, -0.2) is 9.78 Å². The van der Waals surface area contributed by atoms with Crippen LogP contribution in [0, 0.1) is 0 Å². The van der Waals surface area contributed by atoms with Gasteiger partial charge >= 0.3 is 11.9 Å². The third-order valence-corrected chi connectivity index (χ3v) is 2.64. The Morgan fingerprint density at radius 2 is 2.25 bits per heavy atom. The number of anilines is 1. The van der Waals surface area contributed by atoms with Gasteiger partial charge in [0.1, 0.15) is 10.7 Å². The van der Waals surface area contributed by atoms with Crippen LogP contribution < -0.4 is 5.73 Å². The maximum absolute atomic E-state index is 10.9. The number of esters is 1. The molecule has 1 aromatic rings. The number of carbonyl (C=O) groups is 2. The maximum Gasteiger partial charge on any atom is 0.354 e. The number of carbonyl (C=O) groups excluding carboxylic acids is 1. The lowest BCUT2D eigenvalue weighted by Gasteiger charge is -2.04. The summed E-state index contributed by atoms with van der Waals surface area (Å²) in [6.45, 7) is 0. The van der Waals surface area contributed by atoms with Crippen molar-refractivity contribution in [3.63, 3.8) is 0 Å². The molecule has 16 heavy (non-hydrogen) atoms. The zero-order valence-electron chi connectivity index (χ0n) is 8.47. The quantitative estimate of drug-likeness (QED) is 0.589. The van der Waals surface area contributed by atoms with Gasteiger partial charge in [0.2, 0.25) is 0 Å². The molecule has 0 saturated carbocycles. The summed E-state index contributed by atoms with van der Waals surface area (Å²) in [5.74, 6) is -1.52. The molecule has 0 atom stereocenters. The van der Waals surface area contributed by atoms with Crippen LogP contribution in [0.2, 0.25) is 0 Å². The molecule has 1 heterocycles. The van der Waals surface area contributed by atoms with Crippen molar-refractivity contribution in [2.24, 2.45) is 0 Å². The Morgan fingerprint density at radius 1 is 1.56 bits per heavy atom. The zero-order chi connectivity index (χ0) is 12.1. The molecule has 0 aromatic carbocycles. The highest BCUT2D eigenvalue weighted by molar-refractivity contribution is 8.00. The first-order valence-corrected chi connectivity index (χ1v) is 5.22. The Hall–Kier alpha value is -1.76. The highest BCUT2D eigenvalue weighted by Crippen LogP contribution is 2.22. The average molecular weight is 242 g/mol. The van der Waals surface area contributed by atoms with Gasteiger partial charge in [-0.1, -0.05) is 11.8 Å². The van der Waals surface area contributed by atoms with E-state index in [1.54, 1.807) is 0 Å². The van der Waals surface area contributed by atoms with Gasteiger partial charge in [0.15, 0.2) is 0 Å². The molecule has 6 nitrogen and oxygen atoms in total. The smallest absolute Gasteiger partial charge is 0.354 e. The van der Waals surface area contributed by atoms with Crippen molar-refractivity contribution in [3.8, 4) is 0 Å². The van der Waals surface area contributed by atoms with Gasteiger partial charge in [0.05, 0.1) is 18.6 Å². The Labute approximate surface area is 95.8 Å². The monoisotopic (exact) mass is 242 g/mol. The molecule has 0 saturated heterocycles. The van der Waals surface area contributed by atoms with Gasteiger partial charge < -0.3 is 15.6 Å². The van der Waals surface area contributed by atoms with Crippen LogP contribution in [-0.2, 0) is 9.53 Å². The van der Waals surface area contributed by atoms with Crippen LogP contribution in [0.5, 0.6) is 0 Å². The van der Waals surface area contributed by atoms with Crippen molar-refractivity contribution >= 4 is 29.4 Å². The number of nitrogens with zero attached hydrogens (tertiary/aromatic N) is 1. The Morgan fingerprint density at radius 3 is 2.81 bits per heavy atom. The molecule has 0 bridgehead atoms. The number of carboxylic acids is 1. The first kappa shape index (κ1) is 12.3. The number of aromatic nitrogens is 1. The minimum atomic E-state index is -1.14. The van der Waals surface area contributed by atoms with Gasteiger partial charge in [-0.2, -0.15) is 0 Å². The number of hydrogen-bond donors (Lipinski definition) is 2. The summed E-state index contributed by atoms with van der Waals surface area (Å²) in [5, 5.41) is 9.03. The second-order valence-electron chi connectivity index (χ2n) is 2.76. The lowest BCUT2D eigenvalue weighted by atomic mass is 10.3. The Kier molecular flexibility index (Phi) is 4.12. The van der Waals surface area contributed by atoms with E-state index in [1.165, 1.54) is 19.2 Å². The minimum absolute atomic E-state index is 0.0385. The summed E-state index contributed by atoms with van der Waals surface area (Å²) in [6, 6.07) is 2.75. The van der Waals surface area contributed by atoms with Crippen LogP contribution in [0.3, 0.4) is 0 Å². The Bertz CT molecular complexity index is 422. The minimum Gasteiger partial charge on any atom is -0.477 e. The molecule has 0 aliphatic heterocycles. The number of carboxylic acid groups (broad SMARTS) is 1. The SMILES string of the molecule is COC(=O)CSc1nc(C(=O)O)ccc1N. The summed E-state index contributed by atoms with van der Waals surface area (Å²) in [7, 11) is 1.27. The van der Waals surface area contributed by atoms with E-state index in [0.29, 0.717) is 10.7 Å². The van der Waals surface area contributed by atoms with Crippen LogP contribution in [0.15, 0.2) is 17.2 Å². The van der Waals surface area contributed by atoms with Crippen LogP contribution in [0.1, 0.15) is 10.5 Å². The van der Waals surface area contributed by atoms with E-state index < -0.39 is 11.9 Å². The fourth-order valence-corrected chi connectivity index (χ4v) is 1.64. The number of pyridine rings is 1. The lowest BCUT2D eigenvalue weighted by Crippen LogP contribution is -2.06. The number of rotatable bonds is 4. The summed E-state index contributed by atoms with van der Waals surface area (Å²) >= 11 is 1.04. The summed E-state index contributed by atoms with van der Waals surface area (Å²) in [4.78, 5) is 25.4. The van der Waals surface area contributed by atoms with E-state index in [4.69, 9.17) is 10.8 Å². The molecular weight excluding hydrogens is 232 g/mol. The highest BCUT2D eigenvalue weighted by Gasteiger charge is 2.10. The van der Waals surface area contributed by atoms with Gasteiger partial charge in [-0.05, 0) is 12.1 Å². The number of thioether (sulfide) groups is 1. The summed E-state index contributed by atoms with van der Waals surface area (Å²) in [5.41, 5.74) is 5.81. The third-order valence-electron chi connectivity index (χ3n) is 1.66. The van der Waals surface area contributed by atoms with E-state index in [0.717, 1.165) is 11.8 Å². The molecule has 0 radical (unpaired) electrons. The van der Waals surface area contributed by atoms with Gasteiger partial charge in [-0.15, -0.1) is 0 Å². The second kappa shape index (κ2) is 5.36. The van der Waals surface area contributed by atoms with E-state index in [2.05, 4.69) is 9.72 Å². The zero-order valence-corrected chi connectivity index (χ0v) is 9.28. The molecule has 0 aliphatic carbocycles. The molecule has 1 rings (SSSR count). The van der Waals surface area contributed by atoms with Crippen molar-refractivity contribution in [3.05, 3.63) is 17.8 Å². The van der Waals surface area contributed by atoms with E-state index >= 15 is 0 Å². The molecule has 0 aliphatic rings. The number of aromatic carboxylic acids is 1. The molecule has 0 amide bonds. The number of nitrogen functional groups attached to an aromatic ring is 1. The second-order valence-corrected chi connectivity index (χ2v) is 3.72. The summed E-state index contributed by atoms with van der Waals surface area (Å²) in [6.07, 6.45) is 0. The number of methoxy groups -OCH3 is 1. The number of nitrogens with two attached hydrogens (primary N) is 1. The van der Waals surface area contributed by atoms with E-state index in [1.807, 2.05) is 0 Å². The van der Waals surface area contributed by atoms with Crippen LogP contribution in [0.4, 0.5) is 5.69 Å². The van der Waals surface area contributed by atoms with E-state index in [-0.39, 0.29) is 11.4 Å². The molecule has 0 unspecified atom stereocenters. The largest absolute Gasteiger partial charge is 0.477 e. The van der Waals surface area contributed by atoms with Crippen molar-refractivity contribution in [2.75, 3.05) is 18.6 Å². The summed E-state index contributed by atoms with van der Waals surface area (Å²) < 4.78 is 4.44. The van der Waals surface area contributed by atoms with Crippen molar-refractivity contribution in [2.45, 2.75) is 5.03 Å². The first-order valence-electron chi connectivity index (χ1n) is 4.24. The topological polar surface area (TPSA) is 103 Å². The van der Waals surface area contributed by atoms with Gasteiger partial charge in [0, 0.05) is 0 Å². The van der Waals surface area contributed by atoms with Crippen molar-refractivity contribution < 1.29 is 19.4 Å². The maximum atomic E-state index is 10.9. The van der Waals surface area contributed by atoms with Gasteiger partial charge in [-0.3, -0.25) is 4.79 Å². The van der Waals surface area contributed by atoms with Gasteiger partial charge in [0.25, 0.3) is 0 Å².